The number of benzene rings is 4. The van der Waals surface area contributed by atoms with E-state index in [0.29, 0.717) is 22.3 Å². The molecule has 0 atom stereocenters. The second-order valence-corrected chi connectivity index (χ2v) is 8.49. The third-order valence-electron chi connectivity index (χ3n) is 6.55. The molecule has 4 heteroatoms. The number of ketones is 3. The smallest absolute Gasteiger partial charge is 0.198 e. The highest BCUT2D eigenvalue weighted by Crippen LogP contribution is 2.36. The van der Waals surface area contributed by atoms with E-state index in [0.717, 1.165) is 21.5 Å². The predicted octanol–water partition coefficient (Wildman–Crippen LogP) is 6.58. The lowest BCUT2D eigenvalue weighted by Gasteiger charge is -2.04. The summed E-state index contributed by atoms with van der Waals surface area (Å²) in [5, 5.41) is 14.1. The van der Waals surface area contributed by atoms with Crippen LogP contribution in [0.5, 0.6) is 0 Å². The van der Waals surface area contributed by atoms with E-state index in [1.165, 1.54) is 6.08 Å². The van der Waals surface area contributed by atoms with Crippen molar-refractivity contribution in [2.24, 2.45) is 0 Å². The fourth-order valence-electron chi connectivity index (χ4n) is 4.86. The summed E-state index contributed by atoms with van der Waals surface area (Å²) >= 11 is 0. The average molecular weight is 454 g/mol. The highest BCUT2D eigenvalue weighted by Gasteiger charge is 2.34. The van der Waals surface area contributed by atoms with Crippen molar-refractivity contribution in [1.29, 1.82) is 0 Å². The predicted molar refractivity (Wildman–Crippen MR) is 137 cm³/mol. The van der Waals surface area contributed by atoms with E-state index < -0.39 is 0 Å². The Balaban J connectivity index is 1.26. The van der Waals surface area contributed by atoms with E-state index in [1.807, 2.05) is 60.7 Å². The van der Waals surface area contributed by atoms with E-state index >= 15 is 0 Å². The minimum absolute atomic E-state index is 0.0535. The first kappa shape index (κ1) is 20.8. The highest BCUT2D eigenvalue weighted by atomic mass is 16.3. The van der Waals surface area contributed by atoms with E-state index in [4.69, 9.17) is 0 Å². The van der Waals surface area contributed by atoms with Crippen LogP contribution in [-0.2, 0) is 0 Å². The standard InChI is InChI=1S/C31H18O4/c32-28-22-16-14-18-8-4-6-10-20(18)26(22)30(34)24(28)12-2-1-3-13-25-29(33)23-17-15-19-9-5-7-11-21(19)27(23)31(25)35/h1-17,32H. The number of allylic oxidation sites excluding steroid dienone is 7. The zero-order valence-corrected chi connectivity index (χ0v) is 18.5. The maximum atomic E-state index is 13.0. The number of aliphatic hydroxyl groups excluding tert-OH is 1. The Labute approximate surface area is 200 Å². The zero-order chi connectivity index (χ0) is 24.1. The summed E-state index contributed by atoms with van der Waals surface area (Å²) in [5.74, 6) is -0.870. The van der Waals surface area contributed by atoms with Crippen molar-refractivity contribution in [3.05, 3.63) is 137 Å². The molecule has 0 heterocycles. The van der Waals surface area contributed by atoms with Crippen LogP contribution in [0.2, 0.25) is 0 Å². The topological polar surface area (TPSA) is 71.4 Å². The monoisotopic (exact) mass is 454 g/mol. The van der Waals surface area contributed by atoms with Gasteiger partial charge in [0.05, 0.1) is 11.1 Å². The van der Waals surface area contributed by atoms with E-state index in [-0.39, 0.29) is 34.3 Å². The van der Waals surface area contributed by atoms with Crippen molar-refractivity contribution in [3.63, 3.8) is 0 Å². The first-order chi connectivity index (χ1) is 17.1. The lowest BCUT2D eigenvalue weighted by molar-refractivity contribution is 0.0986. The number of hydrogen-bond acceptors (Lipinski definition) is 4. The van der Waals surface area contributed by atoms with Gasteiger partial charge in [-0.05, 0) is 45.8 Å². The van der Waals surface area contributed by atoms with Crippen LogP contribution in [0.25, 0.3) is 27.3 Å². The first-order valence-electron chi connectivity index (χ1n) is 11.2. The number of hydrogen-bond donors (Lipinski definition) is 1. The molecule has 0 spiro atoms. The van der Waals surface area contributed by atoms with Gasteiger partial charge in [-0.1, -0.05) is 78.9 Å². The normalized spacial score (nSPS) is 16.6. The Hall–Kier alpha value is -4.83. The second kappa shape index (κ2) is 7.89. The molecule has 4 aromatic rings. The van der Waals surface area contributed by atoms with Gasteiger partial charge in [0, 0.05) is 22.3 Å². The number of carbonyl (C=O) groups is 3. The van der Waals surface area contributed by atoms with E-state index in [9.17, 15) is 19.5 Å². The summed E-state index contributed by atoms with van der Waals surface area (Å²) in [5.41, 5.74) is 2.20. The lowest BCUT2D eigenvalue weighted by atomic mass is 9.99. The Morgan fingerprint density at radius 2 is 1.17 bits per heavy atom. The summed E-state index contributed by atoms with van der Waals surface area (Å²) in [6, 6.07) is 22.3. The summed E-state index contributed by atoms with van der Waals surface area (Å²) in [6.45, 7) is 0. The molecule has 0 aromatic heterocycles. The van der Waals surface area contributed by atoms with Gasteiger partial charge in [0.2, 0.25) is 0 Å². The molecule has 1 N–H and O–H groups in total. The van der Waals surface area contributed by atoms with Gasteiger partial charge in [-0.3, -0.25) is 14.4 Å². The molecule has 166 valence electrons. The van der Waals surface area contributed by atoms with Crippen molar-refractivity contribution in [1.82, 2.24) is 0 Å². The van der Waals surface area contributed by atoms with Gasteiger partial charge in [-0.15, -0.1) is 0 Å². The Kier molecular flexibility index (Phi) is 4.68. The number of Topliss-reactive ketones (excluding diaryl/α,β-unsaturated/α-hetero) is 3. The summed E-state index contributed by atoms with van der Waals surface area (Å²) in [4.78, 5) is 38.8. The fourth-order valence-corrected chi connectivity index (χ4v) is 4.86. The van der Waals surface area contributed by atoms with Crippen LogP contribution in [0.3, 0.4) is 0 Å². The summed E-state index contributed by atoms with van der Waals surface area (Å²) in [6.07, 6.45) is 7.87. The fraction of sp³-hybridized carbons (Fsp3) is 0. The molecule has 0 saturated carbocycles. The molecule has 0 amide bonds. The molecule has 4 aromatic carbocycles. The number of aliphatic hydroxyl groups is 1. The molecule has 0 bridgehead atoms. The second-order valence-electron chi connectivity index (χ2n) is 8.49. The molecule has 2 aliphatic carbocycles. The van der Waals surface area contributed by atoms with E-state index in [1.54, 1.807) is 36.4 Å². The van der Waals surface area contributed by atoms with Crippen molar-refractivity contribution < 1.29 is 19.5 Å². The van der Waals surface area contributed by atoms with Crippen molar-refractivity contribution in [2.45, 2.75) is 0 Å². The van der Waals surface area contributed by atoms with Gasteiger partial charge in [-0.2, -0.15) is 0 Å². The zero-order valence-electron chi connectivity index (χ0n) is 18.5. The molecular formula is C31H18O4. The quantitative estimate of drug-likeness (QED) is 0.216. The lowest BCUT2D eigenvalue weighted by Crippen LogP contribution is -1.99. The van der Waals surface area contributed by atoms with Crippen LogP contribution in [-0.4, -0.2) is 22.5 Å². The number of carbonyl (C=O) groups excluding carboxylic acids is 3. The maximum Gasteiger partial charge on any atom is 0.198 e. The number of rotatable bonds is 3. The largest absolute Gasteiger partial charge is 0.507 e. The molecular weight excluding hydrogens is 436 g/mol. The van der Waals surface area contributed by atoms with Gasteiger partial charge in [0.15, 0.2) is 17.3 Å². The molecule has 0 aliphatic heterocycles. The van der Waals surface area contributed by atoms with Crippen LogP contribution >= 0.6 is 0 Å². The minimum Gasteiger partial charge on any atom is -0.507 e. The molecule has 0 fully saturated rings. The summed E-state index contributed by atoms with van der Waals surface area (Å²) in [7, 11) is 0. The van der Waals surface area contributed by atoms with Crippen LogP contribution in [0.1, 0.15) is 36.6 Å². The van der Waals surface area contributed by atoms with Gasteiger partial charge in [0.25, 0.3) is 0 Å². The Morgan fingerprint density at radius 1 is 0.571 bits per heavy atom. The molecule has 6 rings (SSSR count). The van der Waals surface area contributed by atoms with Crippen LogP contribution in [0, 0.1) is 0 Å². The third-order valence-corrected chi connectivity index (χ3v) is 6.55. The molecule has 0 saturated heterocycles. The average Bonchev–Trinajstić information content (AvgIpc) is 3.28. The maximum absolute atomic E-state index is 13.0. The van der Waals surface area contributed by atoms with Gasteiger partial charge in [0.1, 0.15) is 5.76 Å². The molecule has 2 aliphatic rings. The molecule has 0 unspecified atom stereocenters. The Morgan fingerprint density at radius 3 is 1.86 bits per heavy atom. The highest BCUT2D eigenvalue weighted by molar-refractivity contribution is 6.42. The van der Waals surface area contributed by atoms with E-state index in [2.05, 4.69) is 0 Å². The van der Waals surface area contributed by atoms with Gasteiger partial charge < -0.3 is 5.11 Å². The van der Waals surface area contributed by atoms with Crippen molar-refractivity contribution >= 4 is 44.7 Å². The van der Waals surface area contributed by atoms with Crippen molar-refractivity contribution in [3.8, 4) is 0 Å². The third kappa shape index (κ3) is 3.11. The van der Waals surface area contributed by atoms with Crippen molar-refractivity contribution in [2.75, 3.05) is 0 Å². The Bertz CT molecular complexity index is 1740. The molecule has 0 radical (unpaired) electrons. The summed E-state index contributed by atoms with van der Waals surface area (Å²) < 4.78 is 0. The van der Waals surface area contributed by atoms with Crippen LogP contribution in [0.4, 0.5) is 0 Å². The SMILES string of the molecule is O=C1C(=CC=CC=CC2=C(O)c3ccc4ccccc4c3C2=O)C(=O)c2c1ccc1ccccc21. The molecule has 35 heavy (non-hydrogen) atoms. The minimum atomic E-state index is -0.293. The first-order valence-corrected chi connectivity index (χ1v) is 11.2. The number of fused-ring (bicyclic) bond motifs is 6. The van der Waals surface area contributed by atoms with Gasteiger partial charge >= 0.3 is 0 Å². The van der Waals surface area contributed by atoms with Crippen LogP contribution in [0.15, 0.2) is 114 Å². The van der Waals surface area contributed by atoms with Crippen LogP contribution < -0.4 is 0 Å². The van der Waals surface area contributed by atoms with Gasteiger partial charge in [-0.25, -0.2) is 0 Å². The molecule has 4 nitrogen and oxygen atoms in total.